The van der Waals surface area contributed by atoms with Crippen molar-refractivity contribution in [2.45, 2.75) is 18.9 Å². The Morgan fingerprint density at radius 1 is 1.28 bits per heavy atom. The van der Waals surface area contributed by atoms with E-state index in [9.17, 15) is 0 Å². The first-order valence-corrected chi connectivity index (χ1v) is 6.22. The van der Waals surface area contributed by atoms with Crippen LogP contribution in [0.4, 0.5) is 0 Å². The van der Waals surface area contributed by atoms with Crippen LogP contribution in [0.1, 0.15) is 18.4 Å². The third-order valence-electron chi connectivity index (χ3n) is 3.00. The minimum atomic E-state index is -0.556. The van der Waals surface area contributed by atoms with Gasteiger partial charge < -0.3 is 5.73 Å². The van der Waals surface area contributed by atoms with Crippen molar-refractivity contribution in [1.82, 2.24) is 15.2 Å². The number of hydrogen-bond donors (Lipinski definition) is 1. The topological polar surface area (TPSA) is 64.7 Å². The fourth-order valence-electron chi connectivity index (χ4n) is 2.11. The predicted octanol–water partition coefficient (Wildman–Crippen LogP) is 2.58. The average molecular weight is 281 g/mol. The van der Waals surface area contributed by atoms with Crippen LogP contribution < -0.4 is 5.73 Å². The van der Waals surface area contributed by atoms with Gasteiger partial charge >= 0.3 is 0 Å². The van der Waals surface area contributed by atoms with Gasteiger partial charge in [-0.15, -0.1) is 10.2 Å². The molecule has 1 aliphatic rings. The monoisotopic (exact) mass is 280 g/mol. The summed E-state index contributed by atoms with van der Waals surface area (Å²) in [7, 11) is 0. The molecule has 2 bridgehead atoms. The number of halogens is 2. The second-order valence-corrected chi connectivity index (χ2v) is 5.41. The van der Waals surface area contributed by atoms with E-state index in [1.165, 1.54) is 0 Å². The van der Waals surface area contributed by atoms with Crippen molar-refractivity contribution in [2.24, 2.45) is 5.73 Å². The zero-order valence-corrected chi connectivity index (χ0v) is 11.1. The average Bonchev–Trinajstić information content (AvgIpc) is 2.55. The Labute approximate surface area is 114 Å². The van der Waals surface area contributed by atoms with Gasteiger partial charge in [0.05, 0.1) is 21.3 Å². The Hall–Kier alpha value is -1.23. The van der Waals surface area contributed by atoms with Crippen LogP contribution in [-0.2, 0) is 12.0 Å². The third-order valence-corrected chi connectivity index (χ3v) is 3.82. The number of fused-ring (bicyclic) bond motifs is 2. The highest BCUT2D eigenvalue weighted by molar-refractivity contribution is 6.43. The van der Waals surface area contributed by atoms with Gasteiger partial charge in [-0.25, -0.2) is 4.98 Å². The van der Waals surface area contributed by atoms with E-state index in [1.54, 1.807) is 6.07 Å². The molecule has 0 spiro atoms. The van der Waals surface area contributed by atoms with Crippen molar-refractivity contribution >= 4 is 23.2 Å². The quantitative estimate of drug-likeness (QED) is 0.872. The minimum absolute atomic E-state index is 0.446. The zero-order chi connectivity index (χ0) is 12.9. The maximum atomic E-state index is 6.21. The van der Waals surface area contributed by atoms with E-state index in [-0.39, 0.29) is 0 Å². The highest BCUT2D eigenvalue weighted by atomic mass is 35.5. The summed E-state index contributed by atoms with van der Waals surface area (Å²) >= 11 is 12.2. The summed E-state index contributed by atoms with van der Waals surface area (Å²) in [5, 5.41) is 9.14. The molecule has 2 heterocycles. The lowest BCUT2D eigenvalue weighted by Gasteiger charge is -2.17. The fraction of sp³-hybridized carbons (Fsp3) is 0.250. The van der Waals surface area contributed by atoms with Gasteiger partial charge in [0.25, 0.3) is 0 Å². The number of aromatic nitrogens is 3. The van der Waals surface area contributed by atoms with Crippen molar-refractivity contribution in [3.63, 3.8) is 0 Å². The van der Waals surface area contributed by atoms with E-state index in [0.717, 1.165) is 5.69 Å². The summed E-state index contributed by atoms with van der Waals surface area (Å²) < 4.78 is 0. The zero-order valence-electron chi connectivity index (χ0n) is 9.61. The first-order chi connectivity index (χ1) is 8.49. The lowest BCUT2D eigenvalue weighted by Crippen LogP contribution is -2.32. The van der Waals surface area contributed by atoms with Gasteiger partial charge in [-0.2, -0.15) is 0 Å². The molecule has 0 saturated heterocycles. The van der Waals surface area contributed by atoms with Crippen molar-refractivity contribution in [2.75, 3.05) is 0 Å². The summed E-state index contributed by atoms with van der Waals surface area (Å²) in [6, 6.07) is 5.38. The van der Waals surface area contributed by atoms with E-state index >= 15 is 0 Å². The Balaban J connectivity index is 2.25. The van der Waals surface area contributed by atoms with Crippen LogP contribution in [0.3, 0.4) is 0 Å². The van der Waals surface area contributed by atoms with Crippen molar-refractivity contribution in [3.05, 3.63) is 39.8 Å². The van der Waals surface area contributed by atoms with Crippen molar-refractivity contribution in [1.29, 1.82) is 0 Å². The third kappa shape index (κ3) is 1.68. The molecule has 18 heavy (non-hydrogen) atoms. The molecule has 0 fully saturated rings. The predicted molar refractivity (Wildman–Crippen MR) is 70.5 cm³/mol. The molecule has 0 unspecified atom stereocenters. The van der Waals surface area contributed by atoms with E-state index < -0.39 is 5.54 Å². The maximum absolute atomic E-state index is 6.21. The van der Waals surface area contributed by atoms with Crippen LogP contribution in [0.5, 0.6) is 0 Å². The molecule has 0 amide bonds. The van der Waals surface area contributed by atoms with E-state index in [1.807, 2.05) is 19.1 Å². The van der Waals surface area contributed by atoms with Gasteiger partial charge in [-0.05, 0) is 13.0 Å². The Kier molecular flexibility index (Phi) is 2.55. The first-order valence-electron chi connectivity index (χ1n) is 5.46. The number of benzene rings is 1. The normalized spacial score (nSPS) is 21.3. The van der Waals surface area contributed by atoms with Gasteiger partial charge in [0, 0.05) is 12.0 Å². The standard InChI is InChI=1S/C12H10Cl2N4/c1-12(15)5-8-16-11(12)10(18-17-8)6-3-2-4-7(13)9(6)14/h2-4H,5,15H2,1H3/t12-/m1/s1. The number of nitrogens with zero attached hydrogens (tertiary/aromatic N) is 3. The van der Waals surface area contributed by atoms with Crippen LogP contribution >= 0.6 is 23.2 Å². The number of nitrogens with two attached hydrogens (primary N) is 1. The van der Waals surface area contributed by atoms with Gasteiger partial charge in [-0.3, -0.25) is 0 Å². The Morgan fingerprint density at radius 3 is 2.83 bits per heavy atom. The molecule has 0 aliphatic carbocycles. The lowest BCUT2D eigenvalue weighted by molar-refractivity contribution is 0.511. The molecule has 0 radical (unpaired) electrons. The molecule has 2 N–H and O–H groups in total. The second-order valence-electron chi connectivity index (χ2n) is 4.62. The molecular weight excluding hydrogens is 271 g/mol. The number of hydrogen-bond acceptors (Lipinski definition) is 4. The minimum Gasteiger partial charge on any atom is -0.320 e. The van der Waals surface area contributed by atoms with Crippen LogP contribution in [0, 0.1) is 0 Å². The molecule has 3 rings (SSSR count). The van der Waals surface area contributed by atoms with Crippen LogP contribution in [-0.4, -0.2) is 15.2 Å². The van der Waals surface area contributed by atoms with Crippen molar-refractivity contribution in [3.8, 4) is 11.3 Å². The molecule has 1 atom stereocenters. The summed E-state index contributed by atoms with van der Waals surface area (Å²) in [4.78, 5) is 4.38. The molecule has 6 heteroatoms. The number of rotatable bonds is 1. The summed E-state index contributed by atoms with van der Waals surface area (Å²) in [5.41, 5.74) is 7.69. The molecule has 4 nitrogen and oxygen atoms in total. The Morgan fingerprint density at radius 2 is 2.06 bits per heavy atom. The maximum Gasteiger partial charge on any atom is 0.153 e. The molecule has 0 saturated carbocycles. The van der Waals surface area contributed by atoms with E-state index in [2.05, 4.69) is 15.2 Å². The summed E-state index contributed by atoms with van der Waals surface area (Å²) in [6.45, 7) is 1.91. The highest BCUT2D eigenvalue weighted by Crippen LogP contribution is 2.38. The van der Waals surface area contributed by atoms with E-state index in [4.69, 9.17) is 28.9 Å². The molecule has 1 aliphatic heterocycles. The van der Waals surface area contributed by atoms with Gasteiger partial charge in [0.15, 0.2) is 5.82 Å². The van der Waals surface area contributed by atoms with Crippen LogP contribution in [0.25, 0.3) is 11.3 Å². The summed E-state index contributed by atoms with van der Waals surface area (Å²) in [6.07, 6.45) is 0.591. The lowest BCUT2D eigenvalue weighted by atomic mass is 9.94. The molecular formula is C12H10Cl2N4. The first kappa shape index (κ1) is 11.8. The van der Waals surface area contributed by atoms with Crippen LogP contribution in [0.15, 0.2) is 18.2 Å². The summed E-state index contributed by atoms with van der Waals surface area (Å²) in [5.74, 6) is 0.664. The largest absolute Gasteiger partial charge is 0.320 e. The van der Waals surface area contributed by atoms with E-state index in [0.29, 0.717) is 33.5 Å². The second kappa shape index (κ2) is 3.88. The molecule has 1 aromatic carbocycles. The highest BCUT2D eigenvalue weighted by Gasteiger charge is 2.36. The van der Waals surface area contributed by atoms with Gasteiger partial charge in [-0.1, -0.05) is 35.3 Å². The molecule has 1 aromatic heterocycles. The SMILES string of the molecule is C[C@@]1(N)Cc2nnc(-c3cccc(Cl)c3Cl)c1n2. The molecule has 2 aromatic rings. The van der Waals surface area contributed by atoms with Crippen LogP contribution in [0.2, 0.25) is 10.0 Å². The fourth-order valence-corrected chi connectivity index (χ4v) is 2.50. The smallest absolute Gasteiger partial charge is 0.153 e. The molecule has 92 valence electrons. The van der Waals surface area contributed by atoms with Crippen molar-refractivity contribution < 1.29 is 0 Å². The van der Waals surface area contributed by atoms with Gasteiger partial charge in [0.2, 0.25) is 0 Å². The Bertz CT molecular complexity index is 640. The van der Waals surface area contributed by atoms with Gasteiger partial charge in [0.1, 0.15) is 5.69 Å².